The number of rotatable bonds is 10. The second-order valence-electron chi connectivity index (χ2n) is 10.6. The maximum absolute atomic E-state index is 11.3. The normalized spacial score (nSPS) is 19.4. The van der Waals surface area contributed by atoms with Gasteiger partial charge >= 0.3 is 5.97 Å². The average Bonchev–Trinajstić information content (AvgIpc) is 3.38. The van der Waals surface area contributed by atoms with Crippen molar-refractivity contribution in [2.24, 2.45) is 5.92 Å². The van der Waals surface area contributed by atoms with Crippen LogP contribution in [0.2, 0.25) is 0 Å². The van der Waals surface area contributed by atoms with Gasteiger partial charge in [0.2, 0.25) is 0 Å². The van der Waals surface area contributed by atoms with E-state index in [1.807, 2.05) is 36.4 Å². The summed E-state index contributed by atoms with van der Waals surface area (Å²) in [4.78, 5) is 13.9. The first-order valence-electron chi connectivity index (χ1n) is 13.7. The molecule has 1 aliphatic heterocycles. The van der Waals surface area contributed by atoms with E-state index in [4.69, 9.17) is 4.74 Å². The van der Waals surface area contributed by atoms with Crippen LogP contribution in [0.4, 0.5) is 0 Å². The number of ether oxygens (including phenoxy) is 1. The minimum absolute atomic E-state index is 0.299. The molecule has 0 radical (unpaired) electrons. The molecule has 0 aromatic heterocycles. The zero-order valence-corrected chi connectivity index (χ0v) is 21.6. The molecule has 1 aliphatic carbocycles. The SMILES string of the molecule is O=C(O)c1ccc(C=C(CNC2CCN(CC3CCCCC3)C2)COc2cccc3ccccc23)cc1. The zero-order valence-electron chi connectivity index (χ0n) is 21.6. The highest BCUT2D eigenvalue weighted by atomic mass is 16.5. The van der Waals surface area contributed by atoms with Crippen molar-refractivity contribution in [3.63, 3.8) is 0 Å². The first kappa shape index (κ1) is 25.5. The van der Waals surface area contributed by atoms with Gasteiger partial charge in [-0.25, -0.2) is 4.79 Å². The number of hydrogen-bond donors (Lipinski definition) is 2. The monoisotopic (exact) mass is 498 g/mol. The van der Waals surface area contributed by atoms with Crippen molar-refractivity contribution in [1.29, 1.82) is 0 Å². The summed E-state index contributed by atoms with van der Waals surface area (Å²) in [7, 11) is 0. The van der Waals surface area contributed by atoms with Crippen molar-refractivity contribution < 1.29 is 14.6 Å². The van der Waals surface area contributed by atoms with E-state index in [0.717, 1.165) is 46.7 Å². The van der Waals surface area contributed by atoms with Crippen LogP contribution >= 0.6 is 0 Å². The molecule has 5 rings (SSSR count). The molecule has 1 saturated carbocycles. The van der Waals surface area contributed by atoms with Crippen LogP contribution in [0.1, 0.15) is 54.4 Å². The van der Waals surface area contributed by atoms with Crippen LogP contribution in [0.25, 0.3) is 16.8 Å². The van der Waals surface area contributed by atoms with Crippen LogP contribution in [0.3, 0.4) is 0 Å². The van der Waals surface area contributed by atoms with Crippen molar-refractivity contribution in [2.45, 2.75) is 44.6 Å². The maximum atomic E-state index is 11.3. The highest BCUT2D eigenvalue weighted by Crippen LogP contribution is 2.27. The Balaban J connectivity index is 1.24. The lowest BCUT2D eigenvalue weighted by molar-refractivity contribution is 0.0697. The van der Waals surface area contributed by atoms with Crippen LogP contribution < -0.4 is 10.1 Å². The van der Waals surface area contributed by atoms with Crippen molar-refractivity contribution in [3.05, 3.63) is 83.4 Å². The summed E-state index contributed by atoms with van der Waals surface area (Å²) >= 11 is 0. The summed E-state index contributed by atoms with van der Waals surface area (Å²) in [6, 6.07) is 22.0. The van der Waals surface area contributed by atoms with Crippen LogP contribution in [0.5, 0.6) is 5.75 Å². The Labute approximate surface area is 220 Å². The number of nitrogens with one attached hydrogen (secondary N) is 1. The van der Waals surface area contributed by atoms with E-state index < -0.39 is 5.97 Å². The largest absolute Gasteiger partial charge is 0.489 e. The second-order valence-corrected chi connectivity index (χ2v) is 10.6. The number of hydrogen-bond acceptors (Lipinski definition) is 4. The smallest absolute Gasteiger partial charge is 0.335 e. The van der Waals surface area contributed by atoms with Gasteiger partial charge in [0.25, 0.3) is 0 Å². The van der Waals surface area contributed by atoms with Crippen LogP contribution in [0, 0.1) is 5.92 Å². The third-order valence-corrected chi connectivity index (χ3v) is 7.82. The number of fused-ring (bicyclic) bond motifs is 1. The van der Waals surface area contributed by atoms with Gasteiger partial charge in [-0.3, -0.25) is 0 Å². The highest BCUT2D eigenvalue weighted by molar-refractivity contribution is 5.88. The Morgan fingerprint density at radius 1 is 0.973 bits per heavy atom. The fourth-order valence-electron chi connectivity index (χ4n) is 5.77. The number of carboxylic acids is 1. The highest BCUT2D eigenvalue weighted by Gasteiger charge is 2.25. The molecule has 37 heavy (non-hydrogen) atoms. The quantitative estimate of drug-likeness (QED) is 0.346. The van der Waals surface area contributed by atoms with E-state index >= 15 is 0 Å². The van der Waals surface area contributed by atoms with Crippen LogP contribution in [0.15, 0.2) is 72.3 Å². The van der Waals surface area contributed by atoms with Crippen LogP contribution in [-0.4, -0.2) is 54.8 Å². The average molecular weight is 499 g/mol. The second kappa shape index (κ2) is 12.4. The lowest BCUT2D eigenvalue weighted by Gasteiger charge is -2.26. The predicted molar refractivity (Wildman–Crippen MR) is 150 cm³/mol. The van der Waals surface area contributed by atoms with E-state index in [0.29, 0.717) is 18.2 Å². The molecule has 1 unspecified atom stereocenters. The van der Waals surface area contributed by atoms with E-state index in [1.54, 1.807) is 12.1 Å². The lowest BCUT2D eigenvalue weighted by Crippen LogP contribution is -2.36. The number of benzene rings is 3. The molecule has 0 bridgehead atoms. The van der Waals surface area contributed by atoms with E-state index in [-0.39, 0.29) is 0 Å². The molecule has 3 aromatic carbocycles. The van der Waals surface area contributed by atoms with Gasteiger partial charge < -0.3 is 20.1 Å². The van der Waals surface area contributed by atoms with Gasteiger partial charge in [-0.2, -0.15) is 0 Å². The van der Waals surface area contributed by atoms with Gasteiger partial charge in [0.1, 0.15) is 12.4 Å². The summed E-state index contributed by atoms with van der Waals surface area (Å²) in [5, 5.41) is 15.3. The summed E-state index contributed by atoms with van der Waals surface area (Å²) in [5.41, 5.74) is 2.42. The summed E-state index contributed by atoms with van der Waals surface area (Å²) in [5.74, 6) is 0.853. The molecular formula is C32H38N2O3. The molecule has 2 N–H and O–H groups in total. The van der Waals surface area contributed by atoms with Gasteiger partial charge in [-0.05, 0) is 66.4 Å². The maximum Gasteiger partial charge on any atom is 0.335 e. The molecule has 0 spiro atoms. The molecule has 5 heteroatoms. The molecule has 1 heterocycles. The van der Waals surface area contributed by atoms with Gasteiger partial charge in [0.05, 0.1) is 5.56 Å². The number of carbonyl (C=O) groups is 1. The molecule has 3 aromatic rings. The molecule has 0 amide bonds. The number of carboxylic acid groups (broad SMARTS) is 1. The minimum atomic E-state index is -0.907. The Bertz CT molecular complexity index is 1210. The molecule has 1 saturated heterocycles. The first-order valence-corrected chi connectivity index (χ1v) is 13.7. The molecule has 2 fully saturated rings. The number of aromatic carboxylic acids is 1. The van der Waals surface area contributed by atoms with Gasteiger partial charge in [-0.1, -0.05) is 73.9 Å². The fraction of sp³-hybridized carbons (Fsp3) is 0.406. The topological polar surface area (TPSA) is 61.8 Å². The Hall–Kier alpha value is -3.15. The summed E-state index contributed by atoms with van der Waals surface area (Å²) in [6.07, 6.45) is 10.3. The minimum Gasteiger partial charge on any atom is -0.489 e. The van der Waals surface area contributed by atoms with E-state index in [2.05, 4.69) is 34.5 Å². The van der Waals surface area contributed by atoms with Crippen molar-refractivity contribution in [2.75, 3.05) is 32.8 Å². The van der Waals surface area contributed by atoms with Crippen molar-refractivity contribution >= 4 is 22.8 Å². The number of likely N-dealkylation sites (tertiary alicyclic amines) is 1. The molecular weight excluding hydrogens is 460 g/mol. The molecule has 2 aliphatic rings. The summed E-state index contributed by atoms with van der Waals surface area (Å²) in [6.45, 7) is 4.76. The van der Waals surface area contributed by atoms with E-state index in [9.17, 15) is 9.90 Å². The Morgan fingerprint density at radius 2 is 1.76 bits per heavy atom. The summed E-state index contributed by atoms with van der Waals surface area (Å²) < 4.78 is 6.34. The lowest BCUT2D eigenvalue weighted by atomic mass is 9.89. The third kappa shape index (κ3) is 7.00. The molecule has 1 atom stereocenters. The Kier molecular flexibility index (Phi) is 8.54. The third-order valence-electron chi connectivity index (χ3n) is 7.82. The van der Waals surface area contributed by atoms with Crippen molar-refractivity contribution in [1.82, 2.24) is 10.2 Å². The standard InChI is InChI=1S/C32H38N2O3/c35-32(36)28-15-13-24(14-16-28)19-26(23-37-31-12-6-10-27-9-4-5-11-30(27)31)20-33-29-17-18-34(22-29)21-25-7-2-1-3-8-25/h4-6,9-16,19,25,29,33H,1-3,7-8,17-18,20-23H2,(H,35,36). The first-order chi connectivity index (χ1) is 18.1. The Morgan fingerprint density at radius 3 is 2.57 bits per heavy atom. The fourth-order valence-corrected chi connectivity index (χ4v) is 5.77. The molecule has 194 valence electrons. The van der Waals surface area contributed by atoms with Gasteiger partial charge in [0, 0.05) is 31.1 Å². The van der Waals surface area contributed by atoms with Crippen LogP contribution in [-0.2, 0) is 0 Å². The molecule has 5 nitrogen and oxygen atoms in total. The zero-order chi connectivity index (χ0) is 25.5. The predicted octanol–water partition coefficient (Wildman–Crippen LogP) is 6.24. The van der Waals surface area contributed by atoms with Gasteiger partial charge in [0.15, 0.2) is 0 Å². The van der Waals surface area contributed by atoms with Crippen molar-refractivity contribution in [3.8, 4) is 5.75 Å². The number of nitrogens with zero attached hydrogens (tertiary/aromatic N) is 1. The van der Waals surface area contributed by atoms with Gasteiger partial charge in [-0.15, -0.1) is 0 Å². The van der Waals surface area contributed by atoms with E-state index in [1.165, 1.54) is 51.6 Å².